The van der Waals surface area contributed by atoms with Crippen LogP contribution in [-0.2, 0) is 6.54 Å². The Kier molecular flexibility index (Phi) is 4.88. The van der Waals surface area contributed by atoms with Gasteiger partial charge in [-0.15, -0.1) is 11.3 Å². The maximum Gasteiger partial charge on any atom is 0.264 e. The zero-order valence-corrected chi connectivity index (χ0v) is 15.5. The van der Waals surface area contributed by atoms with Crippen LogP contribution >= 0.6 is 11.3 Å². The monoisotopic (exact) mass is 379 g/mol. The van der Waals surface area contributed by atoms with Crippen LogP contribution in [0.25, 0.3) is 10.1 Å². The first-order valence-electron chi connectivity index (χ1n) is 8.83. The second kappa shape index (κ2) is 7.47. The van der Waals surface area contributed by atoms with Crippen LogP contribution in [0, 0.1) is 17.1 Å². The molecule has 6 heteroatoms. The van der Waals surface area contributed by atoms with Gasteiger partial charge >= 0.3 is 0 Å². The minimum absolute atomic E-state index is 0.0198. The fraction of sp³-hybridized carbons (Fsp3) is 0.238. The molecular formula is C21H18FN3OS. The molecule has 0 saturated carbocycles. The molecule has 136 valence electrons. The molecule has 1 saturated heterocycles. The Balaban J connectivity index is 1.38. The smallest absolute Gasteiger partial charge is 0.264 e. The lowest BCUT2D eigenvalue weighted by Gasteiger charge is -2.34. The van der Waals surface area contributed by atoms with E-state index in [1.165, 1.54) is 17.4 Å². The maximum atomic E-state index is 13.9. The van der Waals surface area contributed by atoms with Crippen LogP contribution < -0.4 is 0 Å². The van der Waals surface area contributed by atoms with Crippen LogP contribution in [0.5, 0.6) is 0 Å². The molecule has 2 aromatic carbocycles. The van der Waals surface area contributed by atoms with E-state index in [1.54, 1.807) is 12.1 Å². The van der Waals surface area contributed by atoms with E-state index in [9.17, 15) is 9.18 Å². The number of halogens is 1. The Morgan fingerprint density at radius 3 is 2.52 bits per heavy atom. The third kappa shape index (κ3) is 3.70. The van der Waals surface area contributed by atoms with Crippen molar-refractivity contribution in [3.63, 3.8) is 0 Å². The molecule has 4 nitrogen and oxygen atoms in total. The summed E-state index contributed by atoms with van der Waals surface area (Å²) in [7, 11) is 0. The summed E-state index contributed by atoms with van der Waals surface area (Å²) in [4.78, 5) is 17.5. The van der Waals surface area contributed by atoms with Crippen LogP contribution in [0.2, 0.25) is 0 Å². The predicted octanol–water partition coefficient (Wildman–Crippen LogP) is 3.87. The van der Waals surface area contributed by atoms with E-state index in [4.69, 9.17) is 5.26 Å². The van der Waals surface area contributed by atoms with Crippen LogP contribution in [-0.4, -0.2) is 41.9 Å². The summed E-state index contributed by atoms with van der Waals surface area (Å²) >= 11 is 1.35. The maximum absolute atomic E-state index is 13.9. The van der Waals surface area contributed by atoms with E-state index >= 15 is 0 Å². The minimum Gasteiger partial charge on any atom is -0.335 e. The van der Waals surface area contributed by atoms with Gasteiger partial charge in [-0.3, -0.25) is 9.69 Å². The van der Waals surface area contributed by atoms with Gasteiger partial charge in [0.15, 0.2) is 0 Å². The van der Waals surface area contributed by atoms with E-state index in [0.29, 0.717) is 28.9 Å². The first-order valence-corrected chi connectivity index (χ1v) is 9.64. The molecule has 2 heterocycles. The predicted molar refractivity (Wildman–Crippen MR) is 104 cm³/mol. The number of hydrogen-bond acceptors (Lipinski definition) is 4. The second-order valence-electron chi connectivity index (χ2n) is 6.64. The third-order valence-electron chi connectivity index (χ3n) is 4.87. The minimum atomic E-state index is -0.282. The van der Waals surface area contributed by atoms with E-state index in [0.717, 1.165) is 29.9 Å². The molecule has 0 N–H and O–H groups in total. The van der Waals surface area contributed by atoms with Crippen molar-refractivity contribution >= 4 is 27.3 Å². The van der Waals surface area contributed by atoms with Crippen LogP contribution in [0.15, 0.2) is 48.5 Å². The molecule has 3 aromatic rings. The standard InChI is InChI=1S/C21H18FN3OS/c22-18-2-1-3-19-17(18)12-20(27-19)21(26)25-10-8-24(9-11-25)14-16-6-4-15(13-23)5-7-16/h1-7,12H,8-11,14H2. The molecular weight excluding hydrogens is 361 g/mol. The zero-order chi connectivity index (χ0) is 18.8. The van der Waals surface area contributed by atoms with Crippen molar-refractivity contribution < 1.29 is 9.18 Å². The van der Waals surface area contributed by atoms with E-state index < -0.39 is 0 Å². The Labute approximate surface area is 161 Å². The summed E-state index contributed by atoms with van der Waals surface area (Å²) in [6.45, 7) is 3.72. The molecule has 0 aliphatic carbocycles. The van der Waals surface area contributed by atoms with Gasteiger partial charge in [0.25, 0.3) is 5.91 Å². The summed E-state index contributed by atoms with van der Waals surface area (Å²) in [5, 5.41) is 9.39. The first-order chi connectivity index (χ1) is 13.1. The Morgan fingerprint density at radius 2 is 1.85 bits per heavy atom. The topological polar surface area (TPSA) is 47.3 Å². The number of thiophene rings is 1. The number of carbonyl (C=O) groups excluding carboxylic acids is 1. The van der Waals surface area contributed by atoms with Crippen molar-refractivity contribution in [3.8, 4) is 6.07 Å². The highest BCUT2D eigenvalue weighted by Crippen LogP contribution is 2.28. The molecule has 0 spiro atoms. The van der Waals surface area contributed by atoms with Gasteiger partial charge in [0.2, 0.25) is 0 Å². The average Bonchev–Trinajstić information content (AvgIpc) is 3.14. The second-order valence-corrected chi connectivity index (χ2v) is 7.72. The third-order valence-corrected chi connectivity index (χ3v) is 5.96. The fourth-order valence-electron chi connectivity index (χ4n) is 3.34. The Bertz CT molecular complexity index is 1010. The molecule has 0 unspecified atom stereocenters. The Hall–Kier alpha value is -2.75. The highest BCUT2D eigenvalue weighted by atomic mass is 32.1. The number of benzene rings is 2. The summed E-state index contributed by atoms with van der Waals surface area (Å²) in [6, 6.07) is 16.3. The van der Waals surface area contributed by atoms with Crippen LogP contribution in [0.3, 0.4) is 0 Å². The number of fused-ring (bicyclic) bond motifs is 1. The van der Waals surface area contributed by atoms with Gasteiger partial charge in [0.1, 0.15) is 5.82 Å². The van der Waals surface area contributed by atoms with Crippen molar-refractivity contribution in [3.05, 3.63) is 70.4 Å². The van der Waals surface area contributed by atoms with E-state index in [2.05, 4.69) is 11.0 Å². The summed E-state index contributed by atoms with van der Waals surface area (Å²) < 4.78 is 14.7. The van der Waals surface area contributed by atoms with Crippen molar-refractivity contribution in [2.75, 3.05) is 26.2 Å². The van der Waals surface area contributed by atoms with Crippen molar-refractivity contribution in [1.82, 2.24) is 9.80 Å². The highest BCUT2D eigenvalue weighted by Gasteiger charge is 2.24. The number of hydrogen-bond donors (Lipinski definition) is 0. The van der Waals surface area contributed by atoms with Gasteiger partial charge in [0, 0.05) is 42.8 Å². The molecule has 1 aliphatic heterocycles. The van der Waals surface area contributed by atoms with Gasteiger partial charge < -0.3 is 4.90 Å². The molecule has 1 aromatic heterocycles. The molecule has 0 bridgehead atoms. The lowest BCUT2D eigenvalue weighted by molar-refractivity contribution is 0.0633. The van der Waals surface area contributed by atoms with E-state index in [1.807, 2.05) is 35.2 Å². The van der Waals surface area contributed by atoms with Crippen molar-refractivity contribution in [2.45, 2.75) is 6.54 Å². The quantitative estimate of drug-likeness (QED) is 0.694. The number of piperazine rings is 1. The van der Waals surface area contributed by atoms with Crippen LogP contribution in [0.1, 0.15) is 20.8 Å². The van der Waals surface area contributed by atoms with Crippen molar-refractivity contribution in [1.29, 1.82) is 5.26 Å². The average molecular weight is 379 g/mol. The molecule has 1 amide bonds. The van der Waals surface area contributed by atoms with Crippen LogP contribution in [0.4, 0.5) is 4.39 Å². The Morgan fingerprint density at radius 1 is 1.11 bits per heavy atom. The normalized spacial score (nSPS) is 15.0. The molecule has 0 radical (unpaired) electrons. The number of nitrogens with zero attached hydrogens (tertiary/aromatic N) is 3. The SMILES string of the molecule is N#Cc1ccc(CN2CCN(C(=O)c3cc4c(F)cccc4s3)CC2)cc1. The molecule has 1 aliphatic rings. The van der Waals surface area contributed by atoms with Gasteiger partial charge in [0.05, 0.1) is 16.5 Å². The van der Waals surface area contributed by atoms with Crippen molar-refractivity contribution in [2.24, 2.45) is 0 Å². The zero-order valence-electron chi connectivity index (χ0n) is 14.7. The molecule has 4 rings (SSSR count). The first kappa shape index (κ1) is 17.7. The van der Waals surface area contributed by atoms with Gasteiger partial charge in [-0.25, -0.2) is 4.39 Å². The number of rotatable bonds is 3. The molecule has 0 atom stereocenters. The molecule has 27 heavy (non-hydrogen) atoms. The summed E-state index contributed by atoms with van der Waals surface area (Å²) in [5.41, 5.74) is 1.82. The number of nitriles is 1. The lowest BCUT2D eigenvalue weighted by atomic mass is 10.1. The largest absolute Gasteiger partial charge is 0.335 e. The number of carbonyl (C=O) groups is 1. The van der Waals surface area contributed by atoms with Gasteiger partial charge in [-0.1, -0.05) is 18.2 Å². The van der Waals surface area contributed by atoms with E-state index in [-0.39, 0.29) is 11.7 Å². The lowest BCUT2D eigenvalue weighted by Crippen LogP contribution is -2.48. The summed E-state index contributed by atoms with van der Waals surface area (Å²) in [6.07, 6.45) is 0. The molecule has 1 fully saturated rings. The highest BCUT2D eigenvalue weighted by molar-refractivity contribution is 7.20. The van der Waals surface area contributed by atoms with Gasteiger partial charge in [-0.05, 0) is 35.9 Å². The number of amides is 1. The summed E-state index contributed by atoms with van der Waals surface area (Å²) in [5.74, 6) is -0.302. The fourth-order valence-corrected chi connectivity index (χ4v) is 4.38. The van der Waals surface area contributed by atoms with Gasteiger partial charge in [-0.2, -0.15) is 5.26 Å².